The number of aromatic hydroxyl groups is 1. The first-order chi connectivity index (χ1) is 9.99. The second-order valence-electron chi connectivity index (χ2n) is 4.29. The molecule has 0 saturated heterocycles. The molecule has 0 spiro atoms. The SMILES string of the molecule is CCn1c(O)c(C#N)c(C)c(N=Nc2ncc(C)s2)c1=O. The Labute approximate surface area is 124 Å². The van der Waals surface area contributed by atoms with Crippen molar-refractivity contribution in [1.29, 1.82) is 5.26 Å². The van der Waals surface area contributed by atoms with E-state index >= 15 is 0 Å². The molecule has 0 bridgehead atoms. The van der Waals surface area contributed by atoms with Crippen molar-refractivity contribution in [2.24, 2.45) is 10.2 Å². The molecule has 0 atom stereocenters. The molecule has 0 unspecified atom stereocenters. The van der Waals surface area contributed by atoms with Crippen LogP contribution < -0.4 is 5.56 Å². The van der Waals surface area contributed by atoms with Gasteiger partial charge in [0.15, 0.2) is 5.69 Å². The summed E-state index contributed by atoms with van der Waals surface area (Å²) in [5.41, 5.74) is -0.106. The molecule has 1 N–H and O–H groups in total. The molecule has 2 aromatic heterocycles. The van der Waals surface area contributed by atoms with Gasteiger partial charge in [-0.2, -0.15) is 5.26 Å². The van der Waals surface area contributed by atoms with Crippen LogP contribution in [0.5, 0.6) is 5.88 Å². The first-order valence-corrected chi connectivity index (χ1v) is 7.01. The van der Waals surface area contributed by atoms with Crippen molar-refractivity contribution in [3.63, 3.8) is 0 Å². The number of hydrogen-bond donors (Lipinski definition) is 1. The van der Waals surface area contributed by atoms with Gasteiger partial charge < -0.3 is 5.11 Å². The summed E-state index contributed by atoms with van der Waals surface area (Å²) in [5.74, 6) is -0.341. The van der Waals surface area contributed by atoms with E-state index in [0.717, 1.165) is 9.44 Å². The second-order valence-corrected chi connectivity index (χ2v) is 5.50. The zero-order valence-electron chi connectivity index (χ0n) is 11.8. The van der Waals surface area contributed by atoms with Crippen LogP contribution in [0.3, 0.4) is 0 Å². The van der Waals surface area contributed by atoms with Gasteiger partial charge in [-0.15, -0.1) is 10.2 Å². The molecule has 2 aromatic rings. The number of pyridine rings is 1. The maximum absolute atomic E-state index is 12.3. The summed E-state index contributed by atoms with van der Waals surface area (Å²) in [5, 5.41) is 27.3. The number of hydrogen-bond acceptors (Lipinski definition) is 7. The molecular weight excluding hydrogens is 290 g/mol. The highest BCUT2D eigenvalue weighted by Crippen LogP contribution is 2.27. The maximum atomic E-state index is 12.3. The molecule has 2 rings (SSSR count). The number of aryl methyl sites for hydroxylation is 1. The first kappa shape index (κ1) is 14.9. The fourth-order valence-electron chi connectivity index (χ4n) is 1.83. The molecule has 108 valence electrons. The van der Waals surface area contributed by atoms with Crippen LogP contribution >= 0.6 is 11.3 Å². The maximum Gasteiger partial charge on any atom is 0.281 e. The van der Waals surface area contributed by atoms with Crippen LogP contribution in [0.15, 0.2) is 21.2 Å². The summed E-state index contributed by atoms with van der Waals surface area (Å²) >= 11 is 1.35. The highest BCUT2D eigenvalue weighted by Gasteiger charge is 2.18. The van der Waals surface area contributed by atoms with Crippen LogP contribution in [0, 0.1) is 25.2 Å². The van der Waals surface area contributed by atoms with Gasteiger partial charge in [-0.1, -0.05) is 11.3 Å². The molecule has 0 radical (unpaired) electrons. The molecule has 0 amide bonds. The Morgan fingerprint density at radius 2 is 2.19 bits per heavy atom. The van der Waals surface area contributed by atoms with Gasteiger partial charge in [0.2, 0.25) is 11.0 Å². The van der Waals surface area contributed by atoms with Crippen molar-refractivity contribution in [1.82, 2.24) is 9.55 Å². The van der Waals surface area contributed by atoms with Crippen molar-refractivity contribution in [3.8, 4) is 11.9 Å². The van der Waals surface area contributed by atoms with Crippen LogP contribution in [-0.2, 0) is 6.54 Å². The minimum atomic E-state index is -0.483. The lowest BCUT2D eigenvalue weighted by Crippen LogP contribution is -2.20. The number of thiazole rings is 1. The van der Waals surface area contributed by atoms with Crippen LogP contribution in [0.25, 0.3) is 0 Å². The molecular formula is C13H13N5O2S. The van der Waals surface area contributed by atoms with Crippen LogP contribution in [-0.4, -0.2) is 14.7 Å². The summed E-state index contributed by atoms with van der Waals surface area (Å²) in [4.78, 5) is 17.3. The van der Waals surface area contributed by atoms with Gasteiger partial charge in [-0.3, -0.25) is 9.36 Å². The third kappa shape index (κ3) is 2.68. The van der Waals surface area contributed by atoms with E-state index < -0.39 is 5.56 Å². The van der Waals surface area contributed by atoms with Crippen molar-refractivity contribution in [3.05, 3.63) is 32.6 Å². The van der Waals surface area contributed by atoms with Gasteiger partial charge >= 0.3 is 0 Å². The van der Waals surface area contributed by atoms with Crippen LogP contribution in [0.1, 0.15) is 22.9 Å². The van der Waals surface area contributed by atoms with Gasteiger partial charge in [0.25, 0.3) is 5.56 Å². The lowest BCUT2D eigenvalue weighted by atomic mass is 10.1. The van der Waals surface area contributed by atoms with E-state index in [-0.39, 0.29) is 23.7 Å². The average Bonchev–Trinajstić information content (AvgIpc) is 2.85. The van der Waals surface area contributed by atoms with Gasteiger partial charge in [0.1, 0.15) is 11.6 Å². The summed E-state index contributed by atoms with van der Waals surface area (Å²) in [7, 11) is 0. The lowest BCUT2D eigenvalue weighted by molar-refractivity contribution is 0.409. The lowest BCUT2D eigenvalue weighted by Gasteiger charge is -2.10. The molecule has 0 aliphatic carbocycles. The first-order valence-electron chi connectivity index (χ1n) is 6.20. The van der Waals surface area contributed by atoms with E-state index in [0.29, 0.717) is 10.7 Å². The summed E-state index contributed by atoms with van der Waals surface area (Å²) in [6.07, 6.45) is 1.66. The standard InChI is InChI=1S/C13H13N5O2S/c1-4-18-11(19)9(5-14)8(3)10(12(18)20)16-17-13-15-6-7(2)21-13/h6,19H,4H2,1-3H3. The third-order valence-corrected chi connectivity index (χ3v) is 3.73. The van der Waals surface area contributed by atoms with Gasteiger partial charge in [0, 0.05) is 23.2 Å². The van der Waals surface area contributed by atoms with E-state index in [1.54, 1.807) is 20.0 Å². The third-order valence-electron chi connectivity index (χ3n) is 2.93. The predicted octanol–water partition coefficient (Wildman–Crippen LogP) is 2.93. The quantitative estimate of drug-likeness (QED) is 0.880. The summed E-state index contributed by atoms with van der Waals surface area (Å²) in [6, 6.07) is 1.88. The average molecular weight is 303 g/mol. The smallest absolute Gasteiger partial charge is 0.281 e. The Bertz CT molecular complexity index is 813. The Morgan fingerprint density at radius 1 is 1.48 bits per heavy atom. The molecule has 0 aliphatic rings. The second kappa shape index (κ2) is 5.85. The zero-order valence-corrected chi connectivity index (χ0v) is 12.6. The predicted molar refractivity (Wildman–Crippen MR) is 78.5 cm³/mol. The van der Waals surface area contributed by atoms with Crippen molar-refractivity contribution in [2.45, 2.75) is 27.3 Å². The van der Waals surface area contributed by atoms with E-state index in [1.807, 2.05) is 13.0 Å². The van der Waals surface area contributed by atoms with Crippen molar-refractivity contribution >= 4 is 22.2 Å². The number of nitriles is 1. The number of azo groups is 1. The van der Waals surface area contributed by atoms with Gasteiger partial charge in [-0.25, -0.2) is 4.98 Å². The highest BCUT2D eigenvalue weighted by atomic mass is 32.1. The molecule has 0 aromatic carbocycles. The number of rotatable bonds is 3. The fraction of sp³-hybridized carbons (Fsp3) is 0.308. The normalized spacial score (nSPS) is 11.0. The van der Waals surface area contributed by atoms with E-state index in [2.05, 4.69) is 15.2 Å². The highest BCUT2D eigenvalue weighted by molar-refractivity contribution is 7.15. The monoisotopic (exact) mass is 303 g/mol. The minimum Gasteiger partial charge on any atom is -0.493 e. The molecule has 0 aliphatic heterocycles. The molecule has 2 heterocycles. The Kier molecular flexibility index (Phi) is 4.14. The van der Waals surface area contributed by atoms with Crippen LogP contribution in [0.4, 0.5) is 10.8 Å². The van der Waals surface area contributed by atoms with Crippen molar-refractivity contribution < 1.29 is 5.11 Å². The van der Waals surface area contributed by atoms with Gasteiger partial charge in [0.05, 0.1) is 0 Å². The largest absolute Gasteiger partial charge is 0.493 e. The molecule has 8 heteroatoms. The van der Waals surface area contributed by atoms with Crippen molar-refractivity contribution in [2.75, 3.05) is 0 Å². The number of aromatic nitrogens is 2. The molecule has 7 nitrogen and oxygen atoms in total. The van der Waals surface area contributed by atoms with E-state index in [4.69, 9.17) is 5.26 Å². The van der Waals surface area contributed by atoms with Crippen LogP contribution in [0.2, 0.25) is 0 Å². The topological polar surface area (TPSA) is 104 Å². The molecule has 0 fully saturated rings. The summed E-state index contributed by atoms with van der Waals surface area (Å²) < 4.78 is 1.09. The Balaban J connectivity index is 2.61. The number of nitrogens with zero attached hydrogens (tertiary/aromatic N) is 5. The van der Waals surface area contributed by atoms with E-state index in [1.165, 1.54) is 11.3 Å². The minimum absolute atomic E-state index is 0.0284. The van der Waals surface area contributed by atoms with E-state index in [9.17, 15) is 9.90 Å². The fourth-order valence-corrected chi connectivity index (χ4v) is 2.41. The van der Waals surface area contributed by atoms with Gasteiger partial charge in [-0.05, 0) is 20.8 Å². The molecule has 0 saturated carbocycles. The summed E-state index contributed by atoms with van der Waals surface area (Å²) in [6.45, 7) is 5.38. The molecule has 21 heavy (non-hydrogen) atoms. The Morgan fingerprint density at radius 3 is 2.71 bits per heavy atom. The Hall–Kier alpha value is -2.53. The zero-order chi connectivity index (χ0) is 15.6.